The molecule has 0 saturated carbocycles. The summed E-state index contributed by atoms with van der Waals surface area (Å²) in [4.78, 5) is 14.2. The number of rotatable bonds is 4. The Kier molecular flexibility index (Phi) is 5.70. The highest BCUT2D eigenvalue weighted by molar-refractivity contribution is 5.89. The van der Waals surface area contributed by atoms with Gasteiger partial charge in [-0.1, -0.05) is 6.92 Å². The van der Waals surface area contributed by atoms with Crippen molar-refractivity contribution in [3.63, 3.8) is 0 Å². The number of benzene rings is 1. The number of carbonyl (C=O) groups is 1. The van der Waals surface area contributed by atoms with Gasteiger partial charge in [-0.25, -0.2) is 4.79 Å². The predicted molar refractivity (Wildman–Crippen MR) is 80.4 cm³/mol. The monoisotopic (exact) mass is 331 g/mol. The third kappa shape index (κ3) is 5.97. The molecular weight excluding hydrogens is 311 g/mol. The van der Waals surface area contributed by atoms with Crippen molar-refractivity contribution in [2.45, 2.75) is 32.2 Å². The van der Waals surface area contributed by atoms with E-state index in [1.54, 1.807) is 0 Å². The van der Waals surface area contributed by atoms with Crippen LogP contribution in [0, 0.1) is 0 Å². The topological polar surface area (TPSA) is 53.6 Å². The number of piperidine rings is 1. The third-order valence-corrected chi connectivity index (χ3v) is 3.72. The van der Waals surface area contributed by atoms with E-state index in [0.29, 0.717) is 5.69 Å². The molecule has 0 spiro atoms. The Balaban J connectivity index is 1.79. The number of amides is 2. The molecular formula is C15H20F3N3O2. The first kappa shape index (κ1) is 17.4. The smallest absolute Gasteiger partial charge is 0.406 e. The van der Waals surface area contributed by atoms with Crippen molar-refractivity contribution in [2.24, 2.45) is 0 Å². The van der Waals surface area contributed by atoms with E-state index in [-0.39, 0.29) is 17.8 Å². The summed E-state index contributed by atoms with van der Waals surface area (Å²) in [6, 6.07) is 4.79. The molecule has 1 aromatic carbocycles. The Morgan fingerprint density at radius 1 is 1.26 bits per heavy atom. The molecule has 2 N–H and O–H groups in total. The van der Waals surface area contributed by atoms with Gasteiger partial charge in [-0.3, -0.25) is 0 Å². The Morgan fingerprint density at radius 2 is 1.87 bits per heavy atom. The second-order valence-corrected chi connectivity index (χ2v) is 5.38. The number of halogens is 3. The Bertz CT molecular complexity index is 512. The maximum absolute atomic E-state index is 12.1. The highest BCUT2D eigenvalue weighted by Gasteiger charge is 2.31. The number of nitrogens with zero attached hydrogens (tertiary/aromatic N) is 1. The van der Waals surface area contributed by atoms with Crippen LogP contribution < -0.4 is 15.4 Å². The van der Waals surface area contributed by atoms with Gasteiger partial charge in [0.1, 0.15) is 5.75 Å². The molecule has 0 bridgehead atoms. The van der Waals surface area contributed by atoms with Crippen LogP contribution in [-0.4, -0.2) is 43.0 Å². The van der Waals surface area contributed by atoms with Gasteiger partial charge in [-0.2, -0.15) is 0 Å². The van der Waals surface area contributed by atoms with Crippen molar-refractivity contribution >= 4 is 11.7 Å². The normalized spacial score (nSPS) is 16.9. The van der Waals surface area contributed by atoms with E-state index in [4.69, 9.17) is 0 Å². The summed E-state index contributed by atoms with van der Waals surface area (Å²) in [5.41, 5.74) is 0.406. The summed E-state index contributed by atoms with van der Waals surface area (Å²) in [7, 11) is 0. The Morgan fingerprint density at radius 3 is 2.39 bits per heavy atom. The Hall–Kier alpha value is -1.96. The molecule has 128 valence electrons. The van der Waals surface area contributed by atoms with Gasteiger partial charge in [-0.05, 0) is 43.7 Å². The molecule has 0 atom stereocenters. The van der Waals surface area contributed by atoms with Gasteiger partial charge in [0.05, 0.1) is 0 Å². The van der Waals surface area contributed by atoms with Crippen LogP contribution in [0.15, 0.2) is 24.3 Å². The molecule has 0 radical (unpaired) electrons. The summed E-state index contributed by atoms with van der Waals surface area (Å²) in [5.74, 6) is -0.324. The van der Waals surface area contributed by atoms with E-state index in [0.717, 1.165) is 44.6 Å². The Labute approximate surface area is 132 Å². The van der Waals surface area contributed by atoms with Crippen LogP contribution in [0.25, 0.3) is 0 Å². The van der Waals surface area contributed by atoms with Gasteiger partial charge in [-0.15, -0.1) is 13.2 Å². The molecule has 1 aromatic rings. The van der Waals surface area contributed by atoms with Crippen molar-refractivity contribution in [1.82, 2.24) is 10.2 Å². The van der Waals surface area contributed by atoms with Gasteiger partial charge < -0.3 is 20.3 Å². The summed E-state index contributed by atoms with van der Waals surface area (Å²) in [5, 5.41) is 5.48. The molecule has 1 fully saturated rings. The fourth-order valence-corrected chi connectivity index (χ4v) is 2.49. The van der Waals surface area contributed by atoms with Crippen LogP contribution >= 0.6 is 0 Å². The molecule has 0 aromatic heterocycles. The van der Waals surface area contributed by atoms with Gasteiger partial charge in [0.25, 0.3) is 0 Å². The van der Waals surface area contributed by atoms with Gasteiger partial charge in [0, 0.05) is 24.8 Å². The fraction of sp³-hybridized carbons (Fsp3) is 0.533. The largest absolute Gasteiger partial charge is 0.573 e. The number of hydrogen-bond donors (Lipinski definition) is 2. The maximum atomic E-state index is 12.1. The first-order chi connectivity index (χ1) is 10.9. The second kappa shape index (κ2) is 7.54. The van der Waals surface area contributed by atoms with Crippen LogP contribution in [0.3, 0.4) is 0 Å². The van der Waals surface area contributed by atoms with E-state index in [2.05, 4.69) is 27.2 Å². The number of urea groups is 1. The van der Waals surface area contributed by atoms with Crippen LogP contribution in [0.1, 0.15) is 19.8 Å². The quantitative estimate of drug-likeness (QED) is 0.891. The second-order valence-electron chi connectivity index (χ2n) is 5.38. The first-order valence-electron chi connectivity index (χ1n) is 7.51. The van der Waals surface area contributed by atoms with Crippen molar-refractivity contribution in [2.75, 3.05) is 25.0 Å². The van der Waals surface area contributed by atoms with Crippen molar-refractivity contribution in [3.8, 4) is 5.75 Å². The van der Waals surface area contributed by atoms with Crippen LogP contribution in [-0.2, 0) is 0 Å². The number of nitrogens with one attached hydrogen (secondary N) is 2. The van der Waals surface area contributed by atoms with E-state index < -0.39 is 6.36 Å². The average molecular weight is 331 g/mol. The van der Waals surface area contributed by atoms with Crippen LogP contribution in [0.2, 0.25) is 0 Å². The third-order valence-electron chi connectivity index (χ3n) is 3.72. The number of ether oxygens (including phenoxy) is 1. The number of hydrogen-bond acceptors (Lipinski definition) is 3. The standard InChI is InChI=1S/C15H20F3N3O2/c1-2-21-9-7-12(8-10-21)20-14(22)19-11-3-5-13(6-4-11)23-15(16,17)18/h3-6,12H,2,7-10H2,1H3,(H2,19,20,22). The van der Waals surface area contributed by atoms with Gasteiger partial charge in [0.2, 0.25) is 0 Å². The molecule has 1 aliphatic heterocycles. The molecule has 2 amide bonds. The summed E-state index contributed by atoms with van der Waals surface area (Å²) < 4.78 is 40.0. The first-order valence-corrected chi connectivity index (χ1v) is 7.51. The number of alkyl halides is 3. The highest BCUT2D eigenvalue weighted by Crippen LogP contribution is 2.23. The minimum atomic E-state index is -4.72. The lowest BCUT2D eigenvalue weighted by atomic mass is 10.1. The van der Waals surface area contributed by atoms with Crippen LogP contribution in [0.4, 0.5) is 23.7 Å². The zero-order valence-electron chi connectivity index (χ0n) is 12.8. The van der Waals surface area contributed by atoms with Crippen LogP contribution in [0.5, 0.6) is 5.75 Å². The average Bonchev–Trinajstić information content (AvgIpc) is 2.48. The van der Waals surface area contributed by atoms with Crippen molar-refractivity contribution in [3.05, 3.63) is 24.3 Å². The molecule has 5 nitrogen and oxygen atoms in total. The van der Waals surface area contributed by atoms with Gasteiger partial charge >= 0.3 is 12.4 Å². The number of anilines is 1. The predicted octanol–water partition coefficient (Wildman–Crippen LogP) is 3.19. The van der Waals surface area contributed by atoms with E-state index in [9.17, 15) is 18.0 Å². The maximum Gasteiger partial charge on any atom is 0.573 e. The molecule has 23 heavy (non-hydrogen) atoms. The molecule has 8 heteroatoms. The van der Waals surface area contributed by atoms with Crippen molar-refractivity contribution < 1.29 is 22.7 Å². The molecule has 1 saturated heterocycles. The molecule has 1 aliphatic rings. The summed E-state index contributed by atoms with van der Waals surface area (Å²) in [6.07, 6.45) is -2.95. The lowest BCUT2D eigenvalue weighted by Gasteiger charge is -2.31. The van der Waals surface area contributed by atoms with E-state index >= 15 is 0 Å². The molecule has 1 heterocycles. The number of carbonyl (C=O) groups excluding carboxylic acids is 1. The zero-order valence-corrected chi connectivity index (χ0v) is 12.8. The molecule has 0 aliphatic carbocycles. The minimum absolute atomic E-state index is 0.116. The summed E-state index contributed by atoms with van der Waals surface area (Å²) >= 11 is 0. The SMILES string of the molecule is CCN1CCC(NC(=O)Nc2ccc(OC(F)(F)F)cc2)CC1. The zero-order chi connectivity index (χ0) is 16.9. The lowest BCUT2D eigenvalue weighted by molar-refractivity contribution is -0.274. The molecule has 2 rings (SSSR count). The summed E-state index contributed by atoms with van der Waals surface area (Å²) in [6.45, 7) is 5.01. The van der Waals surface area contributed by atoms with E-state index in [1.165, 1.54) is 12.1 Å². The lowest BCUT2D eigenvalue weighted by Crippen LogP contribution is -2.45. The van der Waals surface area contributed by atoms with E-state index in [1.807, 2.05) is 0 Å². The number of likely N-dealkylation sites (tertiary alicyclic amines) is 1. The fourth-order valence-electron chi connectivity index (χ4n) is 2.49. The molecule has 0 unspecified atom stereocenters. The van der Waals surface area contributed by atoms with Gasteiger partial charge in [0.15, 0.2) is 0 Å². The van der Waals surface area contributed by atoms with Crippen molar-refractivity contribution in [1.29, 1.82) is 0 Å². The highest BCUT2D eigenvalue weighted by atomic mass is 19.4. The minimum Gasteiger partial charge on any atom is -0.406 e.